The van der Waals surface area contributed by atoms with Crippen LogP contribution in [0, 0.1) is 11.3 Å². The van der Waals surface area contributed by atoms with E-state index in [4.69, 9.17) is 5.26 Å². The van der Waals surface area contributed by atoms with Crippen LogP contribution in [0.15, 0.2) is 47.4 Å². The molecule has 0 radical (unpaired) electrons. The Labute approximate surface area is 111 Å². The summed E-state index contributed by atoms with van der Waals surface area (Å²) < 4.78 is 23.0. The zero-order valence-electron chi connectivity index (χ0n) is 10.2. The van der Waals surface area contributed by atoms with Crippen LogP contribution in [0.5, 0.6) is 5.75 Å². The second-order valence-electron chi connectivity index (χ2n) is 4.18. The van der Waals surface area contributed by atoms with Crippen molar-refractivity contribution in [2.45, 2.75) is 4.90 Å². The van der Waals surface area contributed by atoms with E-state index in [1.165, 1.54) is 24.3 Å². The largest absolute Gasteiger partial charge is 0.508 e. The van der Waals surface area contributed by atoms with Gasteiger partial charge in [0.25, 0.3) is 0 Å². The summed E-state index contributed by atoms with van der Waals surface area (Å²) in [7, 11) is -3.29. The standard InChI is InChI=1S/C14H11NO3S/c1-19(17,18)14-4-2-3-11(8-14)12-5-10(9-15)6-13(16)7-12/h2-8,16H,1H3. The van der Waals surface area contributed by atoms with Crippen LogP contribution < -0.4 is 0 Å². The van der Waals surface area contributed by atoms with Gasteiger partial charge in [0.05, 0.1) is 16.5 Å². The van der Waals surface area contributed by atoms with Gasteiger partial charge in [-0.3, -0.25) is 0 Å². The summed E-state index contributed by atoms with van der Waals surface area (Å²) in [5.74, 6) is -0.0289. The van der Waals surface area contributed by atoms with E-state index in [2.05, 4.69) is 0 Å². The van der Waals surface area contributed by atoms with Crippen molar-refractivity contribution in [3.63, 3.8) is 0 Å². The molecule has 0 heterocycles. The molecule has 5 heteroatoms. The molecule has 96 valence electrons. The average Bonchev–Trinajstić information content (AvgIpc) is 2.37. The van der Waals surface area contributed by atoms with Crippen molar-refractivity contribution in [3.8, 4) is 22.9 Å². The Balaban J connectivity index is 2.60. The van der Waals surface area contributed by atoms with Crippen molar-refractivity contribution in [2.75, 3.05) is 6.26 Å². The molecule has 0 aliphatic rings. The van der Waals surface area contributed by atoms with Crippen molar-refractivity contribution < 1.29 is 13.5 Å². The molecule has 0 aliphatic heterocycles. The normalized spacial score (nSPS) is 10.9. The summed E-state index contributed by atoms with van der Waals surface area (Å²) >= 11 is 0. The molecule has 19 heavy (non-hydrogen) atoms. The molecule has 0 saturated heterocycles. The molecule has 4 nitrogen and oxygen atoms in total. The van der Waals surface area contributed by atoms with Crippen molar-refractivity contribution in [1.82, 2.24) is 0 Å². The third-order valence-electron chi connectivity index (χ3n) is 2.64. The lowest BCUT2D eigenvalue weighted by Crippen LogP contribution is -1.96. The van der Waals surface area contributed by atoms with Crippen molar-refractivity contribution in [3.05, 3.63) is 48.0 Å². The highest BCUT2D eigenvalue weighted by Crippen LogP contribution is 2.27. The molecule has 0 atom stereocenters. The van der Waals surface area contributed by atoms with E-state index in [1.54, 1.807) is 18.2 Å². The monoisotopic (exact) mass is 273 g/mol. The number of hydrogen-bond acceptors (Lipinski definition) is 4. The molecule has 1 N–H and O–H groups in total. The minimum Gasteiger partial charge on any atom is -0.508 e. The Morgan fingerprint density at radius 3 is 2.47 bits per heavy atom. The van der Waals surface area contributed by atoms with Gasteiger partial charge in [-0.25, -0.2) is 8.42 Å². The molecule has 0 bridgehead atoms. The van der Waals surface area contributed by atoms with Crippen molar-refractivity contribution in [2.24, 2.45) is 0 Å². The van der Waals surface area contributed by atoms with E-state index < -0.39 is 9.84 Å². The molecule has 0 unspecified atom stereocenters. The lowest BCUT2D eigenvalue weighted by atomic mass is 10.0. The minimum atomic E-state index is -3.29. The Hall–Kier alpha value is -2.32. The second-order valence-corrected chi connectivity index (χ2v) is 6.20. The highest BCUT2D eigenvalue weighted by atomic mass is 32.2. The Morgan fingerprint density at radius 2 is 1.84 bits per heavy atom. The maximum Gasteiger partial charge on any atom is 0.175 e. The molecule has 0 spiro atoms. The number of nitrogens with zero attached hydrogens (tertiary/aromatic N) is 1. The van der Waals surface area contributed by atoms with Gasteiger partial charge >= 0.3 is 0 Å². The number of rotatable bonds is 2. The Bertz CT molecular complexity index is 774. The minimum absolute atomic E-state index is 0.0289. The summed E-state index contributed by atoms with van der Waals surface area (Å²) in [6.07, 6.45) is 1.13. The Morgan fingerprint density at radius 1 is 1.11 bits per heavy atom. The zero-order valence-corrected chi connectivity index (χ0v) is 11.0. The first-order valence-electron chi connectivity index (χ1n) is 5.45. The number of nitriles is 1. The van der Waals surface area contributed by atoms with E-state index in [0.29, 0.717) is 16.7 Å². The molecule has 0 fully saturated rings. The van der Waals surface area contributed by atoms with Gasteiger partial charge in [-0.1, -0.05) is 12.1 Å². The summed E-state index contributed by atoms with van der Waals surface area (Å²) in [6, 6.07) is 12.8. The van der Waals surface area contributed by atoms with Crippen molar-refractivity contribution in [1.29, 1.82) is 5.26 Å². The van der Waals surface area contributed by atoms with E-state index in [1.807, 2.05) is 6.07 Å². The van der Waals surface area contributed by atoms with Gasteiger partial charge in [0.1, 0.15) is 5.75 Å². The van der Waals surface area contributed by atoms with Crippen LogP contribution in [0.4, 0.5) is 0 Å². The van der Waals surface area contributed by atoms with Crippen LogP contribution in [0.2, 0.25) is 0 Å². The quantitative estimate of drug-likeness (QED) is 0.910. The van der Waals surface area contributed by atoms with Crippen LogP contribution in [0.1, 0.15) is 5.56 Å². The third kappa shape index (κ3) is 2.92. The van der Waals surface area contributed by atoms with Crippen LogP contribution in [-0.4, -0.2) is 19.8 Å². The summed E-state index contributed by atoms with van der Waals surface area (Å²) in [5.41, 5.74) is 1.55. The highest BCUT2D eigenvalue weighted by molar-refractivity contribution is 7.90. The number of phenols is 1. The lowest BCUT2D eigenvalue weighted by molar-refractivity contribution is 0.475. The van der Waals surface area contributed by atoms with Crippen LogP contribution in [0.25, 0.3) is 11.1 Å². The number of benzene rings is 2. The van der Waals surface area contributed by atoms with Gasteiger partial charge < -0.3 is 5.11 Å². The van der Waals surface area contributed by atoms with Gasteiger partial charge in [0.2, 0.25) is 0 Å². The average molecular weight is 273 g/mol. The van der Waals surface area contributed by atoms with Crippen LogP contribution in [0.3, 0.4) is 0 Å². The molecular formula is C14H11NO3S. The molecule has 2 aromatic rings. The van der Waals surface area contributed by atoms with Crippen LogP contribution >= 0.6 is 0 Å². The highest BCUT2D eigenvalue weighted by Gasteiger charge is 2.09. The fraction of sp³-hybridized carbons (Fsp3) is 0.0714. The first-order chi connectivity index (χ1) is 8.90. The van der Waals surface area contributed by atoms with E-state index in [-0.39, 0.29) is 10.6 Å². The number of sulfone groups is 1. The fourth-order valence-electron chi connectivity index (χ4n) is 1.75. The number of aromatic hydroxyl groups is 1. The second kappa shape index (κ2) is 4.75. The van der Waals surface area contributed by atoms with E-state index >= 15 is 0 Å². The fourth-order valence-corrected chi connectivity index (χ4v) is 2.42. The van der Waals surface area contributed by atoms with Crippen LogP contribution in [-0.2, 0) is 9.84 Å². The Kier molecular flexibility index (Phi) is 3.28. The molecular weight excluding hydrogens is 262 g/mol. The molecule has 2 aromatic carbocycles. The first kappa shape index (κ1) is 13.1. The topological polar surface area (TPSA) is 78.2 Å². The van der Waals surface area contributed by atoms with Gasteiger partial charge in [0.15, 0.2) is 9.84 Å². The number of phenolic OH excluding ortho intramolecular Hbond substituents is 1. The van der Waals surface area contributed by atoms with Gasteiger partial charge in [0, 0.05) is 6.26 Å². The maximum atomic E-state index is 11.5. The van der Waals surface area contributed by atoms with Crippen molar-refractivity contribution >= 4 is 9.84 Å². The predicted molar refractivity (Wildman–Crippen MR) is 71.4 cm³/mol. The molecule has 2 rings (SSSR count). The summed E-state index contributed by atoms with van der Waals surface area (Å²) in [6.45, 7) is 0. The molecule has 0 aliphatic carbocycles. The maximum absolute atomic E-state index is 11.5. The first-order valence-corrected chi connectivity index (χ1v) is 7.34. The molecule has 0 saturated carbocycles. The third-order valence-corrected chi connectivity index (χ3v) is 3.75. The summed E-state index contributed by atoms with van der Waals surface area (Å²) in [5, 5.41) is 18.4. The number of hydrogen-bond donors (Lipinski definition) is 1. The molecule has 0 amide bonds. The molecule has 0 aromatic heterocycles. The van der Waals surface area contributed by atoms with Gasteiger partial charge in [-0.15, -0.1) is 0 Å². The lowest BCUT2D eigenvalue weighted by Gasteiger charge is -2.05. The smallest absolute Gasteiger partial charge is 0.175 e. The summed E-state index contributed by atoms with van der Waals surface area (Å²) in [4.78, 5) is 0.201. The van der Waals surface area contributed by atoms with E-state index in [0.717, 1.165) is 6.26 Å². The zero-order chi connectivity index (χ0) is 14.0. The van der Waals surface area contributed by atoms with E-state index in [9.17, 15) is 13.5 Å². The van der Waals surface area contributed by atoms with Gasteiger partial charge in [-0.05, 0) is 41.5 Å². The van der Waals surface area contributed by atoms with Gasteiger partial charge in [-0.2, -0.15) is 5.26 Å². The SMILES string of the molecule is CS(=O)(=O)c1cccc(-c2cc(O)cc(C#N)c2)c1. The predicted octanol–water partition coefficient (Wildman–Crippen LogP) is 2.33.